The van der Waals surface area contributed by atoms with Crippen molar-refractivity contribution in [2.75, 3.05) is 7.05 Å². The molecule has 0 amide bonds. The minimum Gasteiger partial charge on any atom is -0.384 e. The predicted molar refractivity (Wildman–Crippen MR) is 88.4 cm³/mol. The second-order valence-corrected chi connectivity index (χ2v) is 4.25. The standard InChI is InChI=1S/C17H21N3/c1-4-6-13(5-2)14-7-9-15(10-8-14)16(18)11-12-17(19)20-3/h4,6-12,18H,1,5H2,2-3H3,(H2,19,20)/b12-11-,13-6+,18-16?. The molecule has 0 aliphatic carbocycles. The van der Waals surface area contributed by atoms with Gasteiger partial charge in [-0.15, -0.1) is 0 Å². The Labute approximate surface area is 120 Å². The molecule has 3 heteroatoms. The van der Waals surface area contributed by atoms with Gasteiger partial charge in [0, 0.05) is 7.05 Å². The molecule has 0 saturated carbocycles. The van der Waals surface area contributed by atoms with Crippen molar-refractivity contribution in [1.29, 1.82) is 5.41 Å². The van der Waals surface area contributed by atoms with Crippen molar-refractivity contribution in [3.8, 4) is 0 Å². The minimum atomic E-state index is 0.411. The molecule has 1 aromatic carbocycles. The molecule has 1 aromatic rings. The molecular weight excluding hydrogens is 246 g/mol. The van der Waals surface area contributed by atoms with Gasteiger partial charge in [-0.05, 0) is 35.3 Å². The van der Waals surface area contributed by atoms with E-state index < -0.39 is 0 Å². The van der Waals surface area contributed by atoms with Crippen LogP contribution in [-0.2, 0) is 0 Å². The third-order valence-corrected chi connectivity index (χ3v) is 2.95. The van der Waals surface area contributed by atoms with Crippen LogP contribution in [-0.4, -0.2) is 18.6 Å². The molecular formula is C17H21N3. The first-order valence-corrected chi connectivity index (χ1v) is 6.53. The minimum absolute atomic E-state index is 0.411. The lowest BCUT2D eigenvalue weighted by atomic mass is 10.00. The molecule has 0 saturated heterocycles. The van der Waals surface area contributed by atoms with Crippen molar-refractivity contribution in [2.24, 2.45) is 10.7 Å². The highest BCUT2D eigenvalue weighted by Crippen LogP contribution is 2.18. The van der Waals surface area contributed by atoms with Crippen molar-refractivity contribution in [3.05, 3.63) is 66.3 Å². The molecule has 0 unspecified atom stereocenters. The second-order valence-electron chi connectivity index (χ2n) is 4.25. The second kappa shape index (κ2) is 7.89. The van der Waals surface area contributed by atoms with Gasteiger partial charge < -0.3 is 11.1 Å². The van der Waals surface area contributed by atoms with Crippen LogP contribution in [0.1, 0.15) is 24.5 Å². The smallest absolute Gasteiger partial charge is 0.117 e. The van der Waals surface area contributed by atoms with E-state index in [0.717, 1.165) is 17.5 Å². The molecule has 3 nitrogen and oxygen atoms in total. The van der Waals surface area contributed by atoms with Crippen molar-refractivity contribution in [3.63, 3.8) is 0 Å². The van der Waals surface area contributed by atoms with Gasteiger partial charge >= 0.3 is 0 Å². The van der Waals surface area contributed by atoms with Crippen molar-refractivity contribution in [2.45, 2.75) is 13.3 Å². The van der Waals surface area contributed by atoms with E-state index in [1.165, 1.54) is 5.57 Å². The van der Waals surface area contributed by atoms with Crippen LogP contribution in [0.15, 0.2) is 60.1 Å². The quantitative estimate of drug-likeness (QED) is 0.462. The number of aliphatic imine (C=N–C) groups is 1. The molecule has 0 aliphatic rings. The van der Waals surface area contributed by atoms with Crippen LogP contribution in [0.3, 0.4) is 0 Å². The maximum atomic E-state index is 7.97. The zero-order chi connectivity index (χ0) is 15.0. The van der Waals surface area contributed by atoms with Gasteiger partial charge in [0.05, 0.1) is 5.71 Å². The van der Waals surface area contributed by atoms with Crippen LogP contribution >= 0.6 is 0 Å². The zero-order valence-electron chi connectivity index (χ0n) is 12.1. The highest BCUT2D eigenvalue weighted by molar-refractivity contribution is 6.09. The number of rotatable bonds is 6. The van der Waals surface area contributed by atoms with E-state index >= 15 is 0 Å². The third kappa shape index (κ3) is 4.35. The van der Waals surface area contributed by atoms with Gasteiger partial charge in [-0.3, -0.25) is 4.99 Å². The number of nitrogens with zero attached hydrogens (tertiary/aromatic N) is 1. The number of allylic oxidation sites excluding steroid dienone is 4. The maximum absolute atomic E-state index is 7.97. The maximum Gasteiger partial charge on any atom is 0.117 e. The summed E-state index contributed by atoms with van der Waals surface area (Å²) in [6, 6.07) is 7.92. The molecule has 0 atom stereocenters. The first-order chi connectivity index (χ1) is 9.62. The Kier molecular flexibility index (Phi) is 6.17. The molecule has 104 valence electrons. The fraction of sp³-hybridized carbons (Fsp3) is 0.176. The topological polar surface area (TPSA) is 62.2 Å². The highest BCUT2D eigenvalue weighted by Gasteiger charge is 2.01. The van der Waals surface area contributed by atoms with E-state index in [2.05, 4.69) is 18.5 Å². The van der Waals surface area contributed by atoms with Crippen LogP contribution in [0.5, 0.6) is 0 Å². The molecule has 20 heavy (non-hydrogen) atoms. The summed E-state index contributed by atoms with van der Waals surface area (Å²) in [7, 11) is 1.62. The van der Waals surface area contributed by atoms with Gasteiger partial charge in [-0.1, -0.05) is 49.9 Å². The summed E-state index contributed by atoms with van der Waals surface area (Å²) in [4.78, 5) is 3.82. The number of nitrogens with two attached hydrogens (primary N) is 1. The number of benzene rings is 1. The van der Waals surface area contributed by atoms with Crippen molar-refractivity contribution in [1.82, 2.24) is 0 Å². The Bertz CT molecular complexity index is 560. The number of amidine groups is 1. The molecule has 0 aromatic heterocycles. The molecule has 3 N–H and O–H groups in total. The largest absolute Gasteiger partial charge is 0.384 e. The Morgan fingerprint density at radius 3 is 2.35 bits per heavy atom. The van der Waals surface area contributed by atoms with Crippen LogP contribution < -0.4 is 5.73 Å². The van der Waals surface area contributed by atoms with Crippen molar-refractivity contribution >= 4 is 17.1 Å². The van der Waals surface area contributed by atoms with Crippen LogP contribution in [0.25, 0.3) is 5.57 Å². The SMILES string of the molecule is C=C/C=C(\CC)c1ccc(C(=N)/C=C\C(N)=NC)cc1. The van der Waals surface area contributed by atoms with Gasteiger partial charge in [-0.25, -0.2) is 0 Å². The van der Waals surface area contributed by atoms with E-state index in [1.807, 2.05) is 30.3 Å². The number of nitrogens with one attached hydrogen (secondary N) is 1. The summed E-state index contributed by atoms with van der Waals surface area (Å²) >= 11 is 0. The molecule has 1 rings (SSSR count). The summed E-state index contributed by atoms with van der Waals surface area (Å²) in [6.45, 7) is 5.84. The van der Waals surface area contributed by atoms with E-state index in [9.17, 15) is 0 Å². The van der Waals surface area contributed by atoms with E-state index in [4.69, 9.17) is 11.1 Å². The summed E-state index contributed by atoms with van der Waals surface area (Å²) < 4.78 is 0. The normalized spacial score (nSPS) is 12.7. The lowest BCUT2D eigenvalue weighted by molar-refractivity contribution is 1.24. The average molecular weight is 267 g/mol. The molecule has 0 spiro atoms. The predicted octanol–water partition coefficient (Wildman–Crippen LogP) is 3.58. The fourth-order valence-corrected chi connectivity index (χ4v) is 1.76. The molecule has 0 bridgehead atoms. The molecule has 0 heterocycles. The van der Waals surface area contributed by atoms with Crippen LogP contribution in [0, 0.1) is 5.41 Å². The summed E-state index contributed by atoms with van der Waals surface area (Å²) in [6.07, 6.45) is 8.04. The third-order valence-electron chi connectivity index (χ3n) is 2.95. The monoisotopic (exact) mass is 267 g/mol. The van der Waals surface area contributed by atoms with Crippen LogP contribution in [0.4, 0.5) is 0 Å². The Balaban J connectivity index is 2.91. The Morgan fingerprint density at radius 1 is 1.25 bits per heavy atom. The van der Waals surface area contributed by atoms with Gasteiger partial charge in [0.2, 0.25) is 0 Å². The van der Waals surface area contributed by atoms with E-state index in [0.29, 0.717) is 11.5 Å². The molecule has 0 radical (unpaired) electrons. The Hall–Kier alpha value is -2.42. The fourth-order valence-electron chi connectivity index (χ4n) is 1.76. The van der Waals surface area contributed by atoms with Gasteiger partial charge in [0.15, 0.2) is 0 Å². The van der Waals surface area contributed by atoms with Crippen LogP contribution in [0.2, 0.25) is 0 Å². The molecule has 0 aliphatic heterocycles. The summed E-state index contributed by atoms with van der Waals surface area (Å²) in [5.74, 6) is 0.411. The van der Waals surface area contributed by atoms with E-state index in [-0.39, 0.29) is 0 Å². The lowest BCUT2D eigenvalue weighted by Gasteiger charge is -2.06. The molecule has 0 fully saturated rings. The first kappa shape index (κ1) is 15.6. The zero-order valence-corrected chi connectivity index (χ0v) is 12.1. The van der Waals surface area contributed by atoms with Crippen molar-refractivity contribution < 1.29 is 0 Å². The first-order valence-electron chi connectivity index (χ1n) is 6.53. The average Bonchev–Trinajstić information content (AvgIpc) is 2.50. The summed E-state index contributed by atoms with van der Waals surface area (Å²) in [5.41, 5.74) is 9.21. The Morgan fingerprint density at radius 2 is 1.85 bits per heavy atom. The summed E-state index contributed by atoms with van der Waals surface area (Å²) in [5, 5.41) is 7.97. The lowest BCUT2D eigenvalue weighted by Crippen LogP contribution is -2.08. The van der Waals surface area contributed by atoms with Gasteiger partial charge in [0.25, 0.3) is 0 Å². The van der Waals surface area contributed by atoms with Gasteiger partial charge in [0.1, 0.15) is 5.84 Å². The number of hydrogen-bond acceptors (Lipinski definition) is 2. The number of hydrogen-bond donors (Lipinski definition) is 2. The highest BCUT2D eigenvalue weighted by atomic mass is 14.8. The van der Waals surface area contributed by atoms with Gasteiger partial charge in [-0.2, -0.15) is 0 Å². The van der Waals surface area contributed by atoms with E-state index in [1.54, 1.807) is 25.3 Å².